The predicted octanol–water partition coefficient (Wildman–Crippen LogP) is 12.4. The Hall–Kier alpha value is -5.66. The summed E-state index contributed by atoms with van der Waals surface area (Å²) in [4.78, 5) is 0. The summed E-state index contributed by atoms with van der Waals surface area (Å²) in [7, 11) is 0. The van der Waals surface area contributed by atoms with Crippen molar-refractivity contribution in [3.63, 3.8) is 0 Å². The van der Waals surface area contributed by atoms with Crippen LogP contribution in [0.4, 0.5) is 0 Å². The van der Waals surface area contributed by atoms with Gasteiger partial charge in [-0.05, 0) is 67.1 Å². The maximum absolute atomic E-state index is 6.69. The van der Waals surface area contributed by atoms with E-state index in [-0.39, 0.29) is 0 Å². The molecule has 1 heteroatoms. The molecule has 8 aromatic carbocycles. The molecule has 0 unspecified atom stereocenters. The largest absolute Gasteiger partial charge is 0.455 e. The van der Waals surface area contributed by atoms with E-state index >= 15 is 0 Å². The fourth-order valence-electron chi connectivity index (χ4n) is 7.25. The van der Waals surface area contributed by atoms with Gasteiger partial charge >= 0.3 is 0 Å². The Morgan fingerprint density at radius 1 is 0.318 bits per heavy atom. The minimum absolute atomic E-state index is 0.942. The number of rotatable bonds is 3. The van der Waals surface area contributed by atoms with Gasteiger partial charge in [-0.15, -0.1) is 0 Å². The molecule has 0 bridgehead atoms. The van der Waals surface area contributed by atoms with Crippen molar-refractivity contribution in [1.82, 2.24) is 0 Å². The first kappa shape index (κ1) is 24.9. The number of aryl methyl sites for hydroxylation is 1. The van der Waals surface area contributed by atoms with Crippen molar-refractivity contribution in [1.29, 1.82) is 0 Å². The van der Waals surface area contributed by atoms with E-state index in [1.54, 1.807) is 0 Å². The zero-order valence-corrected chi connectivity index (χ0v) is 24.3. The summed E-state index contributed by atoms with van der Waals surface area (Å²) in [6.45, 7) is 2.12. The summed E-state index contributed by atoms with van der Waals surface area (Å²) in [5.41, 5.74) is 10.4. The lowest BCUT2D eigenvalue weighted by molar-refractivity contribution is 0.667. The number of hydrogen-bond acceptors (Lipinski definition) is 1. The molecule has 0 amide bonds. The van der Waals surface area contributed by atoms with E-state index in [1.807, 2.05) is 0 Å². The predicted molar refractivity (Wildman–Crippen MR) is 187 cm³/mol. The summed E-state index contributed by atoms with van der Waals surface area (Å²) >= 11 is 0. The number of furan rings is 1. The zero-order chi connectivity index (χ0) is 29.2. The van der Waals surface area contributed by atoms with Crippen LogP contribution in [0.5, 0.6) is 0 Å². The lowest BCUT2D eigenvalue weighted by Gasteiger charge is -2.19. The molecule has 44 heavy (non-hydrogen) atoms. The molecule has 9 aromatic rings. The van der Waals surface area contributed by atoms with E-state index in [2.05, 4.69) is 159 Å². The first-order valence-corrected chi connectivity index (χ1v) is 15.2. The van der Waals surface area contributed by atoms with Gasteiger partial charge in [-0.2, -0.15) is 0 Å². The highest BCUT2D eigenvalue weighted by Gasteiger charge is 2.21. The Kier molecular flexibility index (Phi) is 5.48. The van der Waals surface area contributed by atoms with Crippen LogP contribution in [0.15, 0.2) is 156 Å². The Morgan fingerprint density at radius 3 is 1.41 bits per heavy atom. The van der Waals surface area contributed by atoms with Crippen molar-refractivity contribution in [2.45, 2.75) is 6.92 Å². The first-order valence-electron chi connectivity index (χ1n) is 15.2. The van der Waals surface area contributed by atoms with Gasteiger partial charge in [0, 0.05) is 21.9 Å². The van der Waals surface area contributed by atoms with E-state index in [9.17, 15) is 0 Å². The molecule has 206 valence electrons. The Balaban J connectivity index is 1.41. The molecule has 0 N–H and O–H groups in total. The van der Waals surface area contributed by atoms with E-state index in [0.717, 1.165) is 33.1 Å². The third-order valence-corrected chi connectivity index (χ3v) is 9.20. The minimum Gasteiger partial charge on any atom is -0.455 e. The van der Waals surface area contributed by atoms with Gasteiger partial charge in [-0.3, -0.25) is 0 Å². The third-order valence-electron chi connectivity index (χ3n) is 9.20. The van der Waals surface area contributed by atoms with Gasteiger partial charge in [0.1, 0.15) is 11.2 Å². The topological polar surface area (TPSA) is 13.1 Å². The zero-order valence-electron chi connectivity index (χ0n) is 24.3. The normalized spacial score (nSPS) is 11.8. The van der Waals surface area contributed by atoms with Crippen LogP contribution < -0.4 is 0 Å². The fraction of sp³-hybridized carbons (Fsp3) is 0.0233. The summed E-state index contributed by atoms with van der Waals surface area (Å²) in [6, 6.07) is 54.9. The maximum Gasteiger partial charge on any atom is 0.143 e. The van der Waals surface area contributed by atoms with E-state index in [1.165, 1.54) is 60.1 Å². The molecule has 0 aliphatic rings. The molecule has 0 fully saturated rings. The Bertz CT molecular complexity index is 2490. The summed E-state index contributed by atoms with van der Waals surface area (Å²) in [6.07, 6.45) is 0. The van der Waals surface area contributed by atoms with Gasteiger partial charge in [0.15, 0.2) is 0 Å². The average molecular weight is 561 g/mol. The van der Waals surface area contributed by atoms with E-state index < -0.39 is 0 Å². The molecule has 0 spiro atoms. The highest BCUT2D eigenvalue weighted by Crippen LogP contribution is 2.48. The molecular weight excluding hydrogens is 532 g/mol. The van der Waals surface area contributed by atoms with E-state index in [4.69, 9.17) is 4.42 Å². The van der Waals surface area contributed by atoms with Crippen LogP contribution in [0.1, 0.15) is 5.56 Å². The molecule has 0 radical (unpaired) electrons. The smallest absolute Gasteiger partial charge is 0.143 e. The number of hydrogen-bond donors (Lipinski definition) is 0. The molecule has 1 aromatic heterocycles. The highest BCUT2D eigenvalue weighted by atomic mass is 16.3. The Morgan fingerprint density at radius 2 is 0.773 bits per heavy atom. The quantitative estimate of drug-likeness (QED) is 0.196. The molecule has 1 heterocycles. The van der Waals surface area contributed by atoms with Crippen LogP contribution in [0.2, 0.25) is 0 Å². The van der Waals surface area contributed by atoms with Gasteiger partial charge in [-0.25, -0.2) is 0 Å². The van der Waals surface area contributed by atoms with Crippen LogP contribution in [0.3, 0.4) is 0 Å². The van der Waals surface area contributed by atoms with Gasteiger partial charge < -0.3 is 4.42 Å². The van der Waals surface area contributed by atoms with Crippen molar-refractivity contribution in [2.75, 3.05) is 0 Å². The fourth-order valence-corrected chi connectivity index (χ4v) is 7.25. The van der Waals surface area contributed by atoms with Crippen molar-refractivity contribution >= 4 is 54.3 Å². The second-order valence-corrected chi connectivity index (χ2v) is 11.6. The maximum atomic E-state index is 6.69. The number of fused-ring (bicyclic) bond motifs is 6. The third kappa shape index (κ3) is 3.60. The molecule has 1 nitrogen and oxygen atoms in total. The molecule has 0 saturated carbocycles. The average Bonchev–Trinajstić information content (AvgIpc) is 3.48. The minimum atomic E-state index is 0.942. The number of para-hydroxylation sites is 2. The van der Waals surface area contributed by atoms with Gasteiger partial charge in [0.25, 0.3) is 0 Å². The standard InChI is InChI=1S/C43H28O/c1-27-13-11-22-37-38-23-12-24-39(43(38)44-42(27)37)41-34-20-9-7-18-32(34)40(33-19-8-10-21-35(33)41)36-26-25-29(28-14-3-2-4-15-28)30-16-5-6-17-31(30)36/h2-26H,1H3. The van der Waals surface area contributed by atoms with Gasteiger partial charge in [-0.1, -0.05) is 152 Å². The molecule has 0 aliphatic carbocycles. The van der Waals surface area contributed by atoms with Crippen molar-refractivity contribution in [3.05, 3.63) is 157 Å². The van der Waals surface area contributed by atoms with Crippen LogP contribution >= 0.6 is 0 Å². The lowest BCUT2D eigenvalue weighted by atomic mass is 9.83. The number of benzene rings is 8. The molecule has 0 aliphatic heterocycles. The van der Waals surface area contributed by atoms with Crippen molar-refractivity contribution in [3.8, 4) is 33.4 Å². The summed E-state index contributed by atoms with van der Waals surface area (Å²) in [5.74, 6) is 0. The molecule has 9 rings (SSSR count). The lowest BCUT2D eigenvalue weighted by Crippen LogP contribution is -1.92. The van der Waals surface area contributed by atoms with Crippen LogP contribution in [0, 0.1) is 6.92 Å². The van der Waals surface area contributed by atoms with Gasteiger partial charge in [0.2, 0.25) is 0 Å². The highest BCUT2D eigenvalue weighted by molar-refractivity contribution is 6.26. The first-order chi connectivity index (χ1) is 21.8. The molecule has 0 saturated heterocycles. The second-order valence-electron chi connectivity index (χ2n) is 11.6. The van der Waals surface area contributed by atoms with Crippen LogP contribution in [-0.4, -0.2) is 0 Å². The molecule has 0 atom stereocenters. The summed E-state index contributed by atoms with van der Waals surface area (Å²) < 4.78 is 6.69. The van der Waals surface area contributed by atoms with Crippen molar-refractivity contribution in [2.24, 2.45) is 0 Å². The van der Waals surface area contributed by atoms with E-state index in [0.29, 0.717) is 0 Å². The second kappa shape index (κ2) is 9.69. The van der Waals surface area contributed by atoms with Crippen LogP contribution in [0.25, 0.3) is 87.6 Å². The Labute approximate surface area is 255 Å². The van der Waals surface area contributed by atoms with Gasteiger partial charge in [0.05, 0.1) is 0 Å². The monoisotopic (exact) mass is 560 g/mol. The van der Waals surface area contributed by atoms with Crippen molar-refractivity contribution < 1.29 is 4.42 Å². The summed E-state index contributed by atoms with van der Waals surface area (Å²) in [5, 5.41) is 9.76. The molecular formula is C43H28O. The van der Waals surface area contributed by atoms with Crippen LogP contribution in [-0.2, 0) is 0 Å². The SMILES string of the molecule is Cc1cccc2c1oc1c(-c3c4ccccc4c(-c4ccc(-c5ccccc5)c5ccccc45)c4ccccc34)cccc12.